The molecule has 3 unspecified atom stereocenters. The highest BCUT2D eigenvalue weighted by Gasteiger charge is 2.30. The molecule has 9 nitrogen and oxygen atoms in total. The quantitative estimate of drug-likeness (QED) is 0.0205. The Kier molecular flexibility index (Phi) is 51.5. The van der Waals surface area contributed by atoms with E-state index in [1.807, 2.05) is 33.3 Å². The van der Waals surface area contributed by atoms with Crippen LogP contribution in [0.5, 0.6) is 0 Å². The van der Waals surface area contributed by atoms with Crippen molar-refractivity contribution >= 4 is 19.7 Å². The van der Waals surface area contributed by atoms with Crippen molar-refractivity contribution < 1.29 is 37.3 Å². The van der Waals surface area contributed by atoms with E-state index >= 15 is 0 Å². The third-order valence-electron chi connectivity index (χ3n) is 13.1. The van der Waals surface area contributed by atoms with Gasteiger partial charge >= 0.3 is 13.8 Å². The Bertz CT molecular complexity index is 1540. The van der Waals surface area contributed by atoms with Gasteiger partial charge in [-0.15, -0.1) is 0 Å². The molecule has 74 heavy (non-hydrogen) atoms. The molecular formula is C64H116N2O7P+. The molecule has 0 saturated carbocycles. The number of quaternary nitrogens is 1. The number of esters is 1. The Morgan fingerprint density at radius 2 is 0.865 bits per heavy atom. The normalized spacial score (nSPS) is 14.3. The van der Waals surface area contributed by atoms with Crippen LogP contribution in [0.25, 0.3) is 0 Å². The molecule has 2 N–H and O–H groups in total. The minimum Gasteiger partial charge on any atom is -0.456 e. The first-order chi connectivity index (χ1) is 35.9. The zero-order valence-corrected chi connectivity index (χ0v) is 49.7. The maximum Gasteiger partial charge on any atom is 0.472 e. The van der Waals surface area contributed by atoms with Gasteiger partial charge in [0.05, 0.1) is 33.8 Å². The number of carbonyl (C=O) groups is 2. The van der Waals surface area contributed by atoms with E-state index in [-0.39, 0.29) is 31.5 Å². The SMILES string of the molecule is CC/C=C\C/C=C\C/C=C\C/C=C\C/C=C\CCCCCCCCCC(=O)OC(/C=C\CCCCCCCCCCCC)C(COP(=O)(O)OCC[N+](C)(C)C)NC(=O)CCCCC/C=C\CCCCCCCC. The number of phosphoric ester groups is 1. The molecule has 1 amide bonds. The van der Waals surface area contributed by atoms with Gasteiger partial charge in [-0.1, -0.05) is 228 Å². The molecule has 0 aliphatic carbocycles. The monoisotopic (exact) mass is 1060 g/mol. The minimum absolute atomic E-state index is 0.0326. The van der Waals surface area contributed by atoms with Crippen LogP contribution in [-0.4, -0.2) is 74.3 Å². The van der Waals surface area contributed by atoms with E-state index in [9.17, 15) is 19.0 Å². The number of nitrogens with one attached hydrogen (secondary N) is 1. The van der Waals surface area contributed by atoms with E-state index in [0.29, 0.717) is 17.4 Å². The number of phosphoric acid groups is 1. The lowest BCUT2D eigenvalue weighted by molar-refractivity contribution is -0.870. The molecule has 10 heteroatoms. The van der Waals surface area contributed by atoms with Crippen molar-refractivity contribution in [1.82, 2.24) is 5.32 Å². The summed E-state index contributed by atoms with van der Waals surface area (Å²) in [4.78, 5) is 37.6. The smallest absolute Gasteiger partial charge is 0.456 e. The Balaban J connectivity index is 5.25. The minimum atomic E-state index is -4.45. The molecule has 0 radical (unpaired) electrons. The molecule has 0 saturated heterocycles. The van der Waals surface area contributed by atoms with Gasteiger partial charge in [-0.05, 0) is 102 Å². The number of carbonyl (C=O) groups excluding carboxylic acids is 2. The lowest BCUT2D eigenvalue weighted by atomic mass is 10.0. The van der Waals surface area contributed by atoms with Crippen LogP contribution < -0.4 is 5.32 Å². The summed E-state index contributed by atoms with van der Waals surface area (Å²) in [5.74, 6) is -0.538. The third-order valence-corrected chi connectivity index (χ3v) is 14.1. The summed E-state index contributed by atoms with van der Waals surface area (Å²) in [7, 11) is 1.47. The number of rotatable bonds is 54. The first-order valence-corrected chi connectivity index (χ1v) is 31.9. The van der Waals surface area contributed by atoms with Crippen molar-refractivity contribution in [3.63, 3.8) is 0 Å². The van der Waals surface area contributed by atoms with Crippen LogP contribution in [0, 0.1) is 0 Å². The molecule has 0 aliphatic heterocycles. The summed E-state index contributed by atoms with van der Waals surface area (Å²) in [6.45, 7) is 6.87. The number of hydrogen-bond donors (Lipinski definition) is 2. The van der Waals surface area contributed by atoms with Gasteiger partial charge in [-0.2, -0.15) is 0 Å². The molecule has 0 bridgehead atoms. The first kappa shape index (κ1) is 71.2. The van der Waals surface area contributed by atoms with Crippen LogP contribution >= 0.6 is 7.82 Å². The fourth-order valence-corrected chi connectivity index (χ4v) is 9.11. The molecule has 3 atom stereocenters. The average Bonchev–Trinajstić information content (AvgIpc) is 3.36. The van der Waals surface area contributed by atoms with Crippen LogP contribution in [-0.2, 0) is 27.9 Å². The summed E-state index contributed by atoms with van der Waals surface area (Å²) < 4.78 is 30.6. The molecule has 0 aromatic heterocycles. The van der Waals surface area contributed by atoms with Crippen molar-refractivity contribution in [1.29, 1.82) is 0 Å². The van der Waals surface area contributed by atoms with Crippen LogP contribution in [0.15, 0.2) is 85.1 Å². The van der Waals surface area contributed by atoms with Crippen LogP contribution in [0.3, 0.4) is 0 Å². The lowest BCUT2D eigenvalue weighted by Crippen LogP contribution is -2.47. The van der Waals surface area contributed by atoms with Gasteiger partial charge in [0, 0.05) is 12.8 Å². The van der Waals surface area contributed by atoms with Crippen LogP contribution in [0.4, 0.5) is 0 Å². The van der Waals surface area contributed by atoms with Gasteiger partial charge in [0.1, 0.15) is 19.3 Å². The standard InChI is InChI=1S/C64H115N2O7P/c1-7-10-13-16-19-22-25-28-29-30-31-32-33-34-35-36-37-39-42-45-48-51-54-57-64(68)73-62(55-52-49-46-43-40-27-24-21-18-15-12-9-3)61(60-72-74(69,70)71-59-58-66(4,5)6)65-63(67)56-53-50-47-44-41-38-26-23-20-17-14-11-8-2/h10,13,19,22,28-29,31-32,34-35,38,41,52,55,61-62H,7-9,11-12,14-18,20-21,23-27,30,33,36-37,39-40,42-51,53-54,56-60H2,1-6H3,(H-,65,67,69,70)/p+1/b13-10-,22-19-,29-28-,32-31-,35-34-,41-38-,55-52-. The predicted octanol–water partition coefficient (Wildman–Crippen LogP) is 18.6. The molecule has 0 aliphatic rings. The number of likely N-dealkylation sites (N-methyl/N-ethyl adjacent to an activating group) is 1. The van der Waals surface area contributed by atoms with Crippen molar-refractivity contribution in [3.05, 3.63) is 85.1 Å². The second kappa shape index (κ2) is 53.6. The Morgan fingerprint density at radius 1 is 0.486 bits per heavy atom. The number of hydrogen-bond acceptors (Lipinski definition) is 6. The van der Waals surface area contributed by atoms with Gasteiger partial charge in [0.2, 0.25) is 5.91 Å². The summed E-state index contributed by atoms with van der Waals surface area (Å²) >= 11 is 0. The van der Waals surface area contributed by atoms with Crippen molar-refractivity contribution in [2.45, 2.75) is 270 Å². The van der Waals surface area contributed by atoms with Gasteiger partial charge < -0.3 is 19.4 Å². The topological polar surface area (TPSA) is 111 Å². The number of nitrogens with zero attached hydrogens (tertiary/aromatic N) is 1. The maximum atomic E-state index is 13.5. The van der Waals surface area contributed by atoms with Crippen molar-refractivity contribution in [2.75, 3.05) is 40.9 Å². The second-order valence-corrected chi connectivity index (χ2v) is 22.9. The summed E-state index contributed by atoms with van der Waals surface area (Å²) in [5, 5.41) is 3.04. The summed E-state index contributed by atoms with van der Waals surface area (Å²) in [6, 6.07) is -0.864. The van der Waals surface area contributed by atoms with E-state index in [1.54, 1.807) is 0 Å². The second-order valence-electron chi connectivity index (χ2n) is 21.5. The molecule has 0 aromatic carbocycles. The first-order valence-electron chi connectivity index (χ1n) is 30.4. The zero-order valence-electron chi connectivity index (χ0n) is 48.8. The van der Waals surface area contributed by atoms with Crippen LogP contribution in [0.2, 0.25) is 0 Å². The van der Waals surface area contributed by atoms with E-state index in [2.05, 4.69) is 99.0 Å². The van der Waals surface area contributed by atoms with E-state index in [4.69, 9.17) is 13.8 Å². The highest BCUT2D eigenvalue weighted by molar-refractivity contribution is 7.47. The predicted molar refractivity (Wildman–Crippen MR) is 318 cm³/mol. The van der Waals surface area contributed by atoms with E-state index in [1.165, 1.54) is 109 Å². The van der Waals surface area contributed by atoms with Gasteiger partial charge in [-0.25, -0.2) is 4.57 Å². The molecule has 0 spiro atoms. The molecular weight excluding hydrogens is 940 g/mol. The highest BCUT2D eigenvalue weighted by Crippen LogP contribution is 2.43. The summed E-state index contributed by atoms with van der Waals surface area (Å²) in [6.07, 6.45) is 70.1. The maximum absolute atomic E-state index is 13.5. The number of amides is 1. The number of unbranched alkanes of at least 4 members (excludes halogenated alkanes) is 26. The fourth-order valence-electron chi connectivity index (χ4n) is 8.37. The molecule has 0 rings (SSSR count). The Hall–Kier alpha value is -2.81. The van der Waals surface area contributed by atoms with E-state index in [0.717, 1.165) is 116 Å². The molecule has 0 heterocycles. The molecule has 0 fully saturated rings. The number of ether oxygens (including phenoxy) is 1. The molecule has 428 valence electrons. The largest absolute Gasteiger partial charge is 0.472 e. The zero-order chi connectivity index (χ0) is 54.3. The highest BCUT2D eigenvalue weighted by atomic mass is 31.2. The van der Waals surface area contributed by atoms with Gasteiger partial charge in [-0.3, -0.25) is 18.6 Å². The Labute approximate surface area is 456 Å². The van der Waals surface area contributed by atoms with Gasteiger partial charge in [0.25, 0.3) is 0 Å². The lowest BCUT2D eigenvalue weighted by Gasteiger charge is -2.27. The fraction of sp³-hybridized carbons (Fsp3) is 0.750. The van der Waals surface area contributed by atoms with Crippen LogP contribution in [0.1, 0.15) is 258 Å². The van der Waals surface area contributed by atoms with E-state index < -0.39 is 20.0 Å². The van der Waals surface area contributed by atoms with Crippen molar-refractivity contribution in [2.24, 2.45) is 0 Å². The Morgan fingerprint density at radius 3 is 1.32 bits per heavy atom. The number of allylic oxidation sites excluding steroid dienone is 13. The van der Waals surface area contributed by atoms with Crippen molar-refractivity contribution in [3.8, 4) is 0 Å². The third kappa shape index (κ3) is 54.0. The van der Waals surface area contributed by atoms with Gasteiger partial charge in [0.15, 0.2) is 0 Å². The summed E-state index contributed by atoms with van der Waals surface area (Å²) in [5.41, 5.74) is 0. The molecule has 0 aromatic rings. The average molecular weight is 1060 g/mol.